The van der Waals surface area contributed by atoms with Gasteiger partial charge in [0.25, 0.3) is 5.91 Å². The molecule has 2 unspecified atom stereocenters. The maximum Gasteiger partial charge on any atom is 0.258 e. The van der Waals surface area contributed by atoms with Crippen molar-refractivity contribution in [1.29, 1.82) is 0 Å². The molecule has 0 saturated carbocycles. The Balaban J connectivity index is 1.50. The minimum atomic E-state index is -0.501. The summed E-state index contributed by atoms with van der Waals surface area (Å²) in [5.74, 6) is 0.452. The highest BCUT2D eigenvalue weighted by atomic mass is 16.3. The molecule has 2 N–H and O–H groups in total. The van der Waals surface area contributed by atoms with Crippen LogP contribution in [0, 0.1) is 0 Å². The number of nitrogens with one attached hydrogen (secondary N) is 1. The summed E-state index contributed by atoms with van der Waals surface area (Å²) in [5, 5.41) is 13.1. The average Bonchev–Trinajstić information content (AvgIpc) is 3.31. The molecule has 1 aromatic heterocycles. The lowest BCUT2D eigenvalue weighted by Crippen LogP contribution is -2.47. The van der Waals surface area contributed by atoms with Crippen LogP contribution in [-0.2, 0) is 11.2 Å². The fraction of sp³-hybridized carbons (Fsp3) is 0.400. The van der Waals surface area contributed by atoms with E-state index in [4.69, 9.17) is 4.42 Å². The van der Waals surface area contributed by atoms with Gasteiger partial charge in [-0.2, -0.15) is 0 Å². The minimum absolute atomic E-state index is 0.0566. The second-order valence-electron chi connectivity index (χ2n) is 6.93. The Morgan fingerprint density at radius 3 is 2.85 bits per heavy atom. The minimum Gasteiger partial charge on any atom is -0.507 e. The van der Waals surface area contributed by atoms with E-state index in [1.54, 1.807) is 29.4 Å². The molecule has 4 rings (SSSR count). The van der Waals surface area contributed by atoms with Gasteiger partial charge in [0, 0.05) is 18.5 Å². The number of carbonyl (C=O) groups is 2. The molecular formula is C20H22N2O4. The van der Waals surface area contributed by atoms with Gasteiger partial charge in [0.05, 0.1) is 17.9 Å². The van der Waals surface area contributed by atoms with Crippen molar-refractivity contribution >= 4 is 11.8 Å². The van der Waals surface area contributed by atoms with Crippen molar-refractivity contribution in [2.24, 2.45) is 0 Å². The van der Waals surface area contributed by atoms with Crippen LogP contribution in [-0.4, -0.2) is 34.4 Å². The van der Waals surface area contributed by atoms with Crippen LogP contribution in [0.5, 0.6) is 5.75 Å². The van der Waals surface area contributed by atoms with E-state index in [1.165, 1.54) is 6.07 Å². The van der Waals surface area contributed by atoms with Gasteiger partial charge in [0.15, 0.2) is 0 Å². The molecule has 2 amide bonds. The Labute approximate surface area is 151 Å². The average molecular weight is 354 g/mol. The molecule has 2 heterocycles. The molecule has 1 saturated heterocycles. The lowest BCUT2D eigenvalue weighted by atomic mass is 9.93. The summed E-state index contributed by atoms with van der Waals surface area (Å²) in [6, 6.07) is 7.81. The molecule has 1 aliphatic carbocycles. The van der Waals surface area contributed by atoms with Crippen molar-refractivity contribution in [2.45, 2.75) is 44.2 Å². The number of likely N-dealkylation sites (tertiary alicyclic amines) is 1. The molecular weight excluding hydrogens is 332 g/mol. The lowest BCUT2D eigenvalue weighted by molar-refractivity contribution is -0.125. The number of furan rings is 1. The number of phenolic OH excluding ortho intramolecular Hbond substituents is 1. The molecule has 6 heteroatoms. The molecule has 0 radical (unpaired) electrons. The number of benzene rings is 1. The molecule has 1 aliphatic heterocycles. The van der Waals surface area contributed by atoms with Gasteiger partial charge in [0.1, 0.15) is 17.6 Å². The zero-order valence-electron chi connectivity index (χ0n) is 14.5. The van der Waals surface area contributed by atoms with Gasteiger partial charge >= 0.3 is 0 Å². The van der Waals surface area contributed by atoms with Crippen LogP contribution < -0.4 is 5.32 Å². The molecule has 136 valence electrons. The van der Waals surface area contributed by atoms with E-state index in [0.29, 0.717) is 13.0 Å². The zero-order chi connectivity index (χ0) is 18.1. The van der Waals surface area contributed by atoms with Crippen molar-refractivity contribution in [3.05, 3.63) is 53.5 Å². The van der Waals surface area contributed by atoms with Gasteiger partial charge < -0.3 is 19.7 Å². The molecule has 26 heavy (non-hydrogen) atoms. The summed E-state index contributed by atoms with van der Waals surface area (Å²) in [5.41, 5.74) is 1.28. The van der Waals surface area contributed by atoms with E-state index in [0.717, 1.165) is 37.0 Å². The van der Waals surface area contributed by atoms with Crippen molar-refractivity contribution in [3.63, 3.8) is 0 Å². The predicted molar refractivity (Wildman–Crippen MR) is 94.7 cm³/mol. The molecule has 2 aromatic rings. The van der Waals surface area contributed by atoms with Gasteiger partial charge in [-0.15, -0.1) is 0 Å². The SMILES string of the molecule is O=C(NC1CCCc2occc21)C1CCCN1C(=O)c1ccccc1O. The van der Waals surface area contributed by atoms with Crippen molar-refractivity contribution < 1.29 is 19.1 Å². The highest BCUT2D eigenvalue weighted by molar-refractivity contribution is 5.99. The summed E-state index contributed by atoms with van der Waals surface area (Å²) in [7, 11) is 0. The number of aryl methyl sites for hydroxylation is 1. The summed E-state index contributed by atoms with van der Waals surface area (Å²) in [6.07, 6.45) is 5.82. The first-order chi connectivity index (χ1) is 12.6. The predicted octanol–water partition coefficient (Wildman–Crippen LogP) is 2.78. The summed E-state index contributed by atoms with van der Waals surface area (Å²) in [6.45, 7) is 0.521. The number of amides is 2. The number of hydrogen-bond donors (Lipinski definition) is 2. The third-order valence-electron chi connectivity index (χ3n) is 5.32. The second-order valence-corrected chi connectivity index (χ2v) is 6.93. The lowest BCUT2D eigenvalue weighted by Gasteiger charge is -2.28. The largest absolute Gasteiger partial charge is 0.507 e. The Bertz CT molecular complexity index is 829. The van der Waals surface area contributed by atoms with Crippen LogP contribution in [0.15, 0.2) is 41.0 Å². The Hall–Kier alpha value is -2.76. The molecule has 1 fully saturated rings. The zero-order valence-corrected chi connectivity index (χ0v) is 14.5. The third kappa shape index (κ3) is 2.96. The van der Waals surface area contributed by atoms with Crippen LogP contribution in [0.2, 0.25) is 0 Å². The van der Waals surface area contributed by atoms with Crippen LogP contribution in [0.1, 0.15) is 53.4 Å². The van der Waals surface area contributed by atoms with Crippen LogP contribution in [0.4, 0.5) is 0 Å². The fourth-order valence-electron chi connectivity index (χ4n) is 4.00. The Morgan fingerprint density at radius 2 is 2.00 bits per heavy atom. The van der Waals surface area contributed by atoms with Crippen molar-refractivity contribution in [2.75, 3.05) is 6.54 Å². The summed E-state index contributed by atoms with van der Waals surface area (Å²) >= 11 is 0. The number of carbonyl (C=O) groups excluding carboxylic acids is 2. The molecule has 2 atom stereocenters. The van der Waals surface area contributed by atoms with Crippen LogP contribution in [0.3, 0.4) is 0 Å². The standard InChI is InChI=1S/C20H22N2O4/c23-17-8-2-1-5-14(17)20(25)22-11-4-7-16(22)19(24)21-15-6-3-9-18-13(15)10-12-26-18/h1-2,5,8,10,12,15-16,23H,3-4,6-7,9,11H2,(H,21,24). The summed E-state index contributed by atoms with van der Waals surface area (Å²) in [4.78, 5) is 27.3. The number of aromatic hydroxyl groups is 1. The van der Waals surface area contributed by atoms with E-state index >= 15 is 0 Å². The van der Waals surface area contributed by atoms with Crippen LogP contribution >= 0.6 is 0 Å². The number of para-hydroxylation sites is 1. The highest BCUT2D eigenvalue weighted by Crippen LogP contribution is 2.31. The fourth-order valence-corrected chi connectivity index (χ4v) is 4.00. The van der Waals surface area contributed by atoms with Gasteiger partial charge in [-0.3, -0.25) is 9.59 Å². The normalized spacial score (nSPS) is 22.1. The Morgan fingerprint density at radius 1 is 1.15 bits per heavy atom. The topological polar surface area (TPSA) is 82.8 Å². The van der Waals surface area contributed by atoms with E-state index in [-0.39, 0.29) is 29.2 Å². The quantitative estimate of drug-likeness (QED) is 0.888. The first kappa shape index (κ1) is 16.7. The molecule has 2 aliphatic rings. The number of nitrogens with zero attached hydrogens (tertiary/aromatic N) is 1. The number of rotatable bonds is 3. The molecule has 6 nitrogen and oxygen atoms in total. The van der Waals surface area contributed by atoms with Gasteiger partial charge in [0.2, 0.25) is 5.91 Å². The van der Waals surface area contributed by atoms with E-state index in [1.807, 2.05) is 6.07 Å². The van der Waals surface area contributed by atoms with E-state index in [9.17, 15) is 14.7 Å². The second kappa shape index (κ2) is 6.86. The van der Waals surface area contributed by atoms with Crippen LogP contribution in [0.25, 0.3) is 0 Å². The number of fused-ring (bicyclic) bond motifs is 1. The maximum atomic E-state index is 12.9. The highest BCUT2D eigenvalue weighted by Gasteiger charge is 2.36. The third-order valence-corrected chi connectivity index (χ3v) is 5.32. The number of phenols is 1. The first-order valence-electron chi connectivity index (χ1n) is 9.11. The van der Waals surface area contributed by atoms with E-state index < -0.39 is 6.04 Å². The van der Waals surface area contributed by atoms with E-state index in [2.05, 4.69) is 5.32 Å². The monoisotopic (exact) mass is 354 g/mol. The Kier molecular flexibility index (Phi) is 4.41. The molecule has 0 spiro atoms. The van der Waals surface area contributed by atoms with Gasteiger partial charge in [-0.1, -0.05) is 12.1 Å². The summed E-state index contributed by atoms with van der Waals surface area (Å²) < 4.78 is 5.48. The number of hydrogen-bond acceptors (Lipinski definition) is 4. The molecule has 0 bridgehead atoms. The van der Waals surface area contributed by atoms with Crippen molar-refractivity contribution in [3.8, 4) is 5.75 Å². The van der Waals surface area contributed by atoms with Gasteiger partial charge in [-0.25, -0.2) is 0 Å². The maximum absolute atomic E-state index is 12.9. The smallest absolute Gasteiger partial charge is 0.258 e. The molecule has 1 aromatic carbocycles. The van der Waals surface area contributed by atoms with Crippen molar-refractivity contribution in [1.82, 2.24) is 10.2 Å². The van der Waals surface area contributed by atoms with Gasteiger partial charge in [-0.05, 0) is 43.9 Å². The first-order valence-corrected chi connectivity index (χ1v) is 9.11.